The second-order valence-corrected chi connectivity index (χ2v) is 8.32. The van der Waals surface area contributed by atoms with Crippen LogP contribution < -0.4 is 4.90 Å². The molecule has 1 fully saturated rings. The number of imidazole rings is 1. The van der Waals surface area contributed by atoms with Crippen molar-refractivity contribution in [1.29, 1.82) is 0 Å². The van der Waals surface area contributed by atoms with E-state index in [0.717, 1.165) is 48.6 Å². The van der Waals surface area contributed by atoms with E-state index in [1.165, 1.54) is 5.56 Å². The normalized spacial score (nSPS) is 16.9. The Bertz CT molecular complexity index is 1330. The van der Waals surface area contributed by atoms with Gasteiger partial charge in [-0.05, 0) is 31.4 Å². The predicted molar refractivity (Wildman–Crippen MR) is 121 cm³/mol. The van der Waals surface area contributed by atoms with Gasteiger partial charge in [0.25, 0.3) is 5.89 Å². The summed E-state index contributed by atoms with van der Waals surface area (Å²) in [7, 11) is 0. The molecule has 9 heteroatoms. The van der Waals surface area contributed by atoms with Gasteiger partial charge in [-0.25, -0.2) is 15.0 Å². The standard InChI is InChI=1S/C23H24N8O/c1-3-17-28-29-22(32-17)21-27-18-19(25-14-26-20(18)31(21)4-2)30-11-9-23(10-12-30)13-24-16-8-6-5-7-15(16)23/h5-8,13-14H,3-4,9-12H2,1-2H3. The maximum absolute atomic E-state index is 5.79. The number of benzene rings is 1. The number of aryl methyl sites for hydroxylation is 2. The summed E-state index contributed by atoms with van der Waals surface area (Å²) < 4.78 is 7.80. The van der Waals surface area contributed by atoms with Crippen LogP contribution in [0.15, 0.2) is 40.0 Å². The highest BCUT2D eigenvalue weighted by Crippen LogP contribution is 2.44. The molecule has 9 nitrogen and oxygen atoms in total. The zero-order valence-corrected chi connectivity index (χ0v) is 18.2. The van der Waals surface area contributed by atoms with Gasteiger partial charge in [-0.1, -0.05) is 25.1 Å². The molecule has 4 aromatic rings. The quantitative estimate of drug-likeness (QED) is 0.489. The van der Waals surface area contributed by atoms with Crippen molar-refractivity contribution in [3.05, 3.63) is 42.0 Å². The number of para-hydroxylation sites is 1. The lowest BCUT2D eigenvalue weighted by Gasteiger charge is -2.38. The van der Waals surface area contributed by atoms with Crippen LogP contribution in [0.5, 0.6) is 0 Å². The SMILES string of the molecule is CCc1nnc(-c2nc3c(N4CCC5(C=Nc6ccccc65)CC4)ncnc3n2CC)o1. The van der Waals surface area contributed by atoms with Crippen LogP contribution in [0, 0.1) is 0 Å². The molecule has 32 heavy (non-hydrogen) atoms. The van der Waals surface area contributed by atoms with Crippen molar-refractivity contribution in [2.45, 2.75) is 45.1 Å². The number of hydrogen-bond donors (Lipinski definition) is 0. The van der Waals surface area contributed by atoms with Crippen LogP contribution in [0.4, 0.5) is 11.5 Å². The van der Waals surface area contributed by atoms with Gasteiger partial charge >= 0.3 is 0 Å². The third-order valence-electron chi connectivity index (χ3n) is 6.64. The molecule has 5 heterocycles. The Hall–Kier alpha value is -3.62. The average Bonchev–Trinajstić information content (AvgIpc) is 3.55. The van der Waals surface area contributed by atoms with Crippen LogP contribution in [0.3, 0.4) is 0 Å². The minimum Gasteiger partial charge on any atom is -0.418 e. The summed E-state index contributed by atoms with van der Waals surface area (Å²) in [4.78, 5) is 21.0. The van der Waals surface area contributed by atoms with E-state index in [-0.39, 0.29) is 5.41 Å². The maximum Gasteiger partial charge on any atom is 0.284 e. The topological polar surface area (TPSA) is 98.1 Å². The van der Waals surface area contributed by atoms with E-state index in [0.29, 0.717) is 30.6 Å². The fourth-order valence-corrected chi connectivity index (χ4v) is 4.89. The molecule has 0 saturated carbocycles. The van der Waals surface area contributed by atoms with Crippen molar-refractivity contribution >= 4 is 28.9 Å². The van der Waals surface area contributed by atoms with Crippen LogP contribution >= 0.6 is 0 Å². The van der Waals surface area contributed by atoms with Crippen LogP contribution in [-0.2, 0) is 18.4 Å². The monoisotopic (exact) mass is 428 g/mol. The van der Waals surface area contributed by atoms with Crippen LogP contribution in [0.25, 0.3) is 22.9 Å². The molecule has 1 saturated heterocycles. The zero-order valence-electron chi connectivity index (χ0n) is 18.2. The van der Waals surface area contributed by atoms with Gasteiger partial charge in [0, 0.05) is 37.7 Å². The Morgan fingerprint density at radius 2 is 1.91 bits per heavy atom. The van der Waals surface area contributed by atoms with Gasteiger partial charge in [0.2, 0.25) is 11.7 Å². The molecule has 0 N–H and O–H groups in total. The third-order valence-corrected chi connectivity index (χ3v) is 6.64. The lowest BCUT2D eigenvalue weighted by Crippen LogP contribution is -2.43. The van der Waals surface area contributed by atoms with Crippen molar-refractivity contribution < 1.29 is 4.42 Å². The third kappa shape index (κ3) is 2.77. The Balaban J connectivity index is 1.35. The molecule has 1 aromatic carbocycles. The highest BCUT2D eigenvalue weighted by Gasteiger charge is 2.40. The van der Waals surface area contributed by atoms with E-state index >= 15 is 0 Å². The second kappa shape index (κ2) is 7.22. The summed E-state index contributed by atoms with van der Waals surface area (Å²) in [6, 6.07) is 8.47. The zero-order chi connectivity index (χ0) is 21.7. The van der Waals surface area contributed by atoms with Crippen molar-refractivity contribution in [3.63, 3.8) is 0 Å². The molecule has 0 radical (unpaired) electrons. The molecule has 0 amide bonds. The Kier molecular flexibility index (Phi) is 4.31. The summed E-state index contributed by atoms with van der Waals surface area (Å²) >= 11 is 0. The number of aliphatic imine (C=N–C) groups is 1. The fourth-order valence-electron chi connectivity index (χ4n) is 4.89. The van der Waals surface area contributed by atoms with E-state index in [4.69, 9.17) is 9.40 Å². The number of piperidine rings is 1. The number of aromatic nitrogens is 6. The first kappa shape index (κ1) is 19.1. The molecule has 2 aliphatic heterocycles. The smallest absolute Gasteiger partial charge is 0.284 e. The summed E-state index contributed by atoms with van der Waals surface area (Å²) in [5.41, 5.74) is 4.03. The molecular weight excluding hydrogens is 404 g/mol. The van der Waals surface area contributed by atoms with E-state index in [2.05, 4.69) is 67.5 Å². The van der Waals surface area contributed by atoms with Crippen LogP contribution in [-0.4, -0.2) is 49.0 Å². The minimum absolute atomic E-state index is 0.0213. The Morgan fingerprint density at radius 3 is 2.69 bits per heavy atom. The minimum atomic E-state index is 0.0213. The van der Waals surface area contributed by atoms with Crippen molar-refractivity contribution in [2.75, 3.05) is 18.0 Å². The molecule has 0 aliphatic carbocycles. The number of fused-ring (bicyclic) bond motifs is 3. The number of nitrogens with zero attached hydrogens (tertiary/aromatic N) is 8. The number of hydrogen-bond acceptors (Lipinski definition) is 8. The summed E-state index contributed by atoms with van der Waals surface area (Å²) in [5.74, 6) is 2.52. The number of rotatable bonds is 4. The Labute approximate surface area is 185 Å². The summed E-state index contributed by atoms with van der Waals surface area (Å²) in [6.07, 6.45) is 6.44. The Morgan fingerprint density at radius 1 is 1.06 bits per heavy atom. The summed E-state index contributed by atoms with van der Waals surface area (Å²) in [5, 5.41) is 8.30. The van der Waals surface area contributed by atoms with Crippen molar-refractivity contribution in [2.24, 2.45) is 4.99 Å². The molecule has 0 unspecified atom stereocenters. The predicted octanol–water partition coefficient (Wildman–Crippen LogP) is 3.71. The molecule has 162 valence electrons. The summed E-state index contributed by atoms with van der Waals surface area (Å²) in [6.45, 7) is 6.50. The van der Waals surface area contributed by atoms with E-state index in [1.807, 2.05) is 11.5 Å². The van der Waals surface area contributed by atoms with Gasteiger partial charge in [-0.2, -0.15) is 0 Å². The van der Waals surface area contributed by atoms with Gasteiger partial charge in [0.1, 0.15) is 6.33 Å². The van der Waals surface area contributed by atoms with E-state index in [9.17, 15) is 0 Å². The first-order valence-corrected chi connectivity index (χ1v) is 11.2. The highest BCUT2D eigenvalue weighted by atomic mass is 16.4. The highest BCUT2D eigenvalue weighted by molar-refractivity contribution is 5.88. The lowest BCUT2D eigenvalue weighted by atomic mass is 9.74. The fraction of sp³-hybridized carbons (Fsp3) is 0.391. The van der Waals surface area contributed by atoms with E-state index in [1.54, 1.807) is 6.33 Å². The molecule has 1 spiro atoms. The van der Waals surface area contributed by atoms with Gasteiger partial charge in [0.15, 0.2) is 17.0 Å². The van der Waals surface area contributed by atoms with Crippen molar-refractivity contribution in [3.8, 4) is 11.7 Å². The van der Waals surface area contributed by atoms with Gasteiger partial charge in [0.05, 0.1) is 5.69 Å². The molecule has 3 aromatic heterocycles. The van der Waals surface area contributed by atoms with Gasteiger partial charge < -0.3 is 13.9 Å². The number of anilines is 1. The average molecular weight is 429 g/mol. The second-order valence-electron chi connectivity index (χ2n) is 8.32. The first-order valence-electron chi connectivity index (χ1n) is 11.2. The molecule has 0 atom stereocenters. The van der Waals surface area contributed by atoms with Crippen molar-refractivity contribution in [1.82, 2.24) is 29.7 Å². The molecule has 2 aliphatic rings. The van der Waals surface area contributed by atoms with Crippen LogP contribution in [0.1, 0.15) is 38.1 Å². The molecule has 6 rings (SSSR count). The van der Waals surface area contributed by atoms with Gasteiger partial charge in [-0.15, -0.1) is 10.2 Å². The molecular formula is C23H24N8O. The largest absolute Gasteiger partial charge is 0.418 e. The lowest BCUT2D eigenvalue weighted by molar-refractivity contribution is 0.444. The first-order chi connectivity index (χ1) is 15.7. The van der Waals surface area contributed by atoms with Gasteiger partial charge in [-0.3, -0.25) is 4.99 Å². The van der Waals surface area contributed by atoms with E-state index < -0.39 is 0 Å². The maximum atomic E-state index is 5.79. The van der Waals surface area contributed by atoms with Crippen LogP contribution in [0.2, 0.25) is 0 Å². The molecule has 0 bridgehead atoms.